The number of ether oxygens (including phenoxy) is 1. The predicted octanol–water partition coefficient (Wildman–Crippen LogP) is 0.648. The summed E-state index contributed by atoms with van der Waals surface area (Å²) in [5.74, 6) is 0. The van der Waals surface area contributed by atoms with Crippen LogP contribution in [0.4, 0.5) is 0 Å². The first-order valence-electron chi connectivity index (χ1n) is 4.56. The van der Waals surface area contributed by atoms with Crippen molar-refractivity contribution in [3.05, 3.63) is 0 Å². The van der Waals surface area contributed by atoms with E-state index in [9.17, 15) is 9.90 Å². The molecular weight excluding hydrogens is 156 g/mol. The van der Waals surface area contributed by atoms with Gasteiger partial charge in [0.1, 0.15) is 6.29 Å². The van der Waals surface area contributed by atoms with E-state index in [4.69, 9.17) is 4.74 Å². The van der Waals surface area contributed by atoms with E-state index in [0.717, 1.165) is 32.0 Å². The lowest BCUT2D eigenvalue weighted by Crippen LogP contribution is -2.46. The fourth-order valence-electron chi connectivity index (χ4n) is 2.26. The molecule has 2 rings (SSSR count). The summed E-state index contributed by atoms with van der Waals surface area (Å²) in [5, 5.41) is 10.0. The number of carbonyl (C=O) groups is 1. The Balaban J connectivity index is 2.09. The lowest BCUT2D eigenvalue weighted by Gasteiger charge is -2.36. The first kappa shape index (κ1) is 8.20. The van der Waals surface area contributed by atoms with Crippen molar-refractivity contribution in [2.24, 2.45) is 0 Å². The van der Waals surface area contributed by atoms with Crippen LogP contribution in [0.3, 0.4) is 0 Å². The van der Waals surface area contributed by atoms with Crippen LogP contribution < -0.4 is 0 Å². The number of hydrogen-bond acceptors (Lipinski definition) is 3. The minimum absolute atomic E-state index is 0.0820. The molecule has 0 spiro atoms. The van der Waals surface area contributed by atoms with Gasteiger partial charge in [0, 0.05) is 6.42 Å². The van der Waals surface area contributed by atoms with E-state index >= 15 is 0 Å². The minimum atomic E-state index is -0.852. The second-order valence-electron chi connectivity index (χ2n) is 3.84. The zero-order valence-electron chi connectivity index (χ0n) is 7.03. The van der Waals surface area contributed by atoms with E-state index in [2.05, 4.69) is 0 Å². The number of fused-ring (bicyclic) bond motifs is 2. The number of carbonyl (C=O) groups excluding carboxylic acids is 1. The average Bonchev–Trinajstić information content (AvgIpc) is 2.45. The van der Waals surface area contributed by atoms with Crippen molar-refractivity contribution in [1.29, 1.82) is 0 Å². The number of aliphatic hydroxyl groups is 1. The van der Waals surface area contributed by atoms with Gasteiger partial charge in [0.15, 0.2) is 0 Å². The molecule has 0 aliphatic carbocycles. The summed E-state index contributed by atoms with van der Waals surface area (Å²) in [5.41, 5.74) is -0.852. The van der Waals surface area contributed by atoms with Crippen molar-refractivity contribution >= 4 is 6.29 Å². The molecule has 0 aromatic carbocycles. The van der Waals surface area contributed by atoms with Gasteiger partial charge in [0.25, 0.3) is 0 Å². The Labute approximate surface area is 71.7 Å². The Bertz CT molecular complexity index is 192. The maximum absolute atomic E-state index is 10.3. The van der Waals surface area contributed by atoms with Gasteiger partial charge in [-0.2, -0.15) is 0 Å². The highest BCUT2D eigenvalue weighted by molar-refractivity contribution is 5.51. The van der Waals surface area contributed by atoms with Gasteiger partial charge in [-0.3, -0.25) is 0 Å². The largest absolute Gasteiger partial charge is 0.387 e. The average molecular weight is 170 g/mol. The van der Waals surface area contributed by atoms with Crippen LogP contribution >= 0.6 is 0 Å². The quantitative estimate of drug-likeness (QED) is 0.619. The first-order valence-corrected chi connectivity index (χ1v) is 4.56. The summed E-state index contributed by atoms with van der Waals surface area (Å²) in [7, 11) is 0. The molecule has 2 bridgehead atoms. The molecule has 68 valence electrons. The monoisotopic (exact) mass is 170 g/mol. The van der Waals surface area contributed by atoms with E-state index in [1.165, 1.54) is 0 Å². The van der Waals surface area contributed by atoms with Gasteiger partial charge in [-0.05, 0) is 25.7 Å². The third-order valence-electron chi connectivity index (χ3n) is 3.04. The SMILES string of the molecule is O=CCC1(O)CCC2CCC1O2. The predicted molar refractivity (Wildman–Crippen MR) is 42.8 cm³/mol. The molecule has 0 aromatic heterocycles. The Morgan fingerprint density at radius 2 is 2.33 bits per heavy atom. The zero-order chi connectivity index (χ0) is 8.60. The summed E-state index contributed by atoms with van der Waals surface area (Å²) >= 11 is 0. The summed E-state index contributed by atoms with van der Waals surface area (Å²) in [6.45, 7) is 0. The van der Waals surface area contributed by atoms with Gasteiger partial charge in [-0.25, -0.2) is 0 Å². The van der Waals surface area contributed by atoms with E-state index in [1.54, 1.807) is 0 Å². The summed E-state index contributed by atoms with van der Waals surface area (Å²) in [4.78, 5) is 10.3. The highest BCUT2D eigenvalue weighted by Gasteiger charge is 2.46. The Kier molecular flexibility index (Phi) is 1.93. The fourth-order valence-corrected chi connectivity index (χ4v) is 2.26. The molecule has 0 aromatic rings. The lowest BCUT2D eigenvalue weighted by molar-refractivity contribution is -0.150. The van der Waals surface area contributed by atoms with E-state index in [0.29, 0.717) is 6.10 Å². The molecule has 2 heterocycles. The Morgan fingerprint density at radius 1 is 1.50 bits per heavy atom. The molecule has 0 amide bonds. The maximum Gasteiger partial charge on any atom is 0.122 e. The molecule has 12 heavy (non-hydrogen) atoms. The molecule has 0 radical (unpaired) electrons. The minimum Gasteiger partial charge on any atom is -0.387 e. The normalized spacial score (nSPS) is 46.1. The number of rotatable bonds is 2. The molecule has 2 aliphatic rings. The Morgan fingerprint density at radius 3 is 3.08 bits per heavy atom. The van der Waals surface area contributed by atoms with Gasteiger partial charge in [-0.1, -0.05) is 0 Å². The molecule has 3 nitrogen and oxygen atoms in total. The summed E-state index contributed by atoms with van der Waals surface area (Å²) in [6.07, 6.45) is 4.87. The molecule has 0 saturated carbocycles. The standard InChI is InChI=1S/C9H14O3/c10-6-5-9(11)4-3-7-1-2-8(9)12-7/h6-8,11H,1-5H2. The molecule has 2 fully saturated rings. The van der Waals surface area contributed by atoms with Crippen LogP contribution in [-0.4, -0.2) is 29.2 Å². The van der Waals surface area contributed by atoms with Crippen LogP contribution in [0, 0.1) is 0 Å². The van der Waals surface area contributed by atoms with Crippen LogP contribution in [0.2, 0.25) is 0 Å². The van der Waals surface area contributed by atoms with Crippen molar-refractivity contribution in [2.45, 2.75) is 49.9 Å². The molecule has 2 saturated heterocycles. The van der Waals surface area contributed by atoms with Crippen molar-refractivity contribution in [3.8, 4) is 0 Å². The van der Waals surface area contributed by atoms with Crippen molar-refractivity contribution < 1.29 is 14.6 Å². The third-order valence-corrected chi connectivity index (χ3v) is 3.04. The molecule has 3 unspecified atom stereocenters. The van der Waals surface area contributed by atoms with Crippen LogP contribution in [0.1, 0.15) is 32.1 Å². The van der Waals surface area contributed by atoms with Gasteiger partial charge in [0.05, 0.1) is 17.8 Å². The first-order chi connectivity index (χ1) is 5.74. The van der Waals surface area contributed by atoms with Crippen molar-refractivity contribution in [2.75, 3.05) is 0 Å². The van der Waals surface area contributed by atoms with Crippen LogP contribution in [0.25, 0.3) is 0 Å². The summed E-state index contributed by atoms with van der Waals surface area (Å²) in [6, 6.07) is 0. The van der Waals surface area contributed by atoms with E-state index in [1.807, 2.05) is 0 Å². The maximum atomic E-state index is 10.3. The molecule has 2 aliphatic heterocycles. The lowest BCUT2D eigenvalue weighted by atomic mass is 9.87. The van der Waals surface area contributed by atoms with E-state index < -0.39 is 5.60 Å². The Hall–Kier alpha value is -0.410. The topological polar surface area (TPSA) is 46.5 Å². The van der Waals surface area contributed by atoms with Crippen LogP contribution in [0.15, 0.2) is 0 Å². The molecule has 3 atom stereocenters. The second-order valence-corrected chi connectivity index (χ2v) is 3.84. The smallest absolute Gasteiger partial charge is 0.122 e. The number of hydrogen-bond donors (Lipinski definition) is 1. The molecular formula is C9H14O3. The molecule has 3 heteroatoms. The highest BCUT2D eigenvalue weighted by atomic mass is 16.5. The van der Waals surface area contributed by atoms with Gasteiger partial charge < -0.3 is 14.6 Å². The van der Waals surface area contributed by atoms with E-state index in [-0.39, 0.29) is 12.5 Å². The molecule has 1 N–H and O–H groups in total. The number of aldehydes is 1. The van der Waals surface area contributed by atoms with Crippen molar-refractivity contribution in [1.82, 2.24) is 0 Å². The fraction of sp³-hybridized carbons (Fsp3) is 0.889. The second kappa shape index (κ2) is 2.82. The van der Waals surface area contributed by atoms with Gasteiger partial charge in [0.2, 0.25) is 0 Å². The van der Waals surface area contributed by atoms with Gasteiger partial charge >= 0.3 is 0 Å². The zero-order valence-corrected chi connectivity index (χ0v) is 7.03. The van der Waals surface area contributed by atoms with Crippen LogP contribution in [0.5, 0.6) is 0 Å². The highest BCUT2D eigenvalue weighted by Crippen LogP contribution is 2.40. The summed E-state index contributed by atoms with van der Waals surface area (Å²) < 4.78 is 5.56. The third kappa shape index (κ3) is 1.17. The van der Waals surface area contributed by atoms with Crippen LogP contribution in [-0.2, 0) is 9.53 Å². The van der Waals surface area contributed by atoms with Crippen molar-refractivity contribution in [3.63, 3.8) is 0 Å². The van der Waals surface area contributed by atoms with Gasteiger partial charge in [-0.15, -0.1) is 0 Å².